The van der Waals surface area contributed by atoms with E-state index in [2.05, 4.69) is 19.8 Å². The fraction of sp³-hybridized carbons (Fsp3) is 0.333. The van der Waals surface area contributed by atoms with E-state index in [9.17, 15) is 4.79 Å². The van der Waals surface area contributed by atoms with E-state index in [1.54, 1.807) is 33.5 Å². The van der Waals surface area contributed by atoms with Gasteiger partial charge in [0.2, 0.25) is 5.16 Å². The molecule has 0 amide bonds. The van der Waals surface area contributed by atoms with E-state index in [0.29, 0.717) is 39.5 Å². The maximum atomic E-state index is 11.4. The summed E-state index contributed by atoms with van der Waals surface area (Å²) < 4.78 is 22.1. The standard InChI is InChI=1S/C18H21N5O5S/c1-25-8-11-15(10-5-6-12(26-2)13(7-10)27-3)16(19)23-17(20-11)21-18(22-23)29-9-14(24)28-4/h5-7H,8-9,19H2,1-4H3. The molecule has 2 aromatic heterocycles. The Hall–Kier alpha value is -3.05. The number of rotatable bonds is 8. The van der Waals surface area contributed by atoms with Gasteiger partial charge in [0.25, 0.3) is 5.78 Å². The number of fused-ring (bicyclic) bond motifs is 1. The van der Waals surface area contributed by atoms with E-state index in [0.717, 1.165) is 17.3 Å². The van der Waals surface area contributed by atoms with Gasteiger partial charge in [-0.1, -0.05) is 17.8 Å². The second kappa shape index (κ2) is 8.97. The van der Waals surface area contributed by atoms with Gasteiger partial charge in [-0.25, -0.2) is 4.98 Å². The lowest BCUT2D eigenvalue weighted by molar-refractivity contribution is -0.137. The minimum absolute atomic E-state index is 0.0841. The number of carbonyl (C=O) groups is 1. The molecule has 2 N–H and O–H groups in total. The summed E-state index contributed by atoms with van der Waals surface area (Å²) >= 11 is 1.14. The highest BCUT2D eigenvalue weighted by Crippen LogP contribution is 2.36. The molecule has 0 atom stereocenters. The lowest BCUT2D eigenvalue weighted by atomic mass is 10.0. The van der Waals surface area contributed by atoms with Crippen LogP contribution in [0.25, 0.3) is 16.9 Å². The predicted octanol–water partition coefficient (Wildman–Crippen LogP) is 1.80. The predicted molar refractivity (Wildman–Crippen MR) is 107 cm³/mol. The molecular weight excluding hydrogens is 398 g/mol. The molecule has 0 aliphatic carbocycles. The smallest absolute Gasteiger partial charge is 0.316 e. The number of methoxy groups -OCH3 is 4. The van der Waals surface area contributed by atoms with Gasteiger partial charge < -0.3 is 24.7 Å². The zero-order chi connectivity index (χ0) is 21.0. The topological polar surface area (TPSA) is 123 Å². The van der Waals surface area contributed by atoms with E-state index in [1.807, 2.05) is 6.07 Å². The van der Waals surface area contributed by atoms with E-state index < -0.39 is 0 Å². The number of nitrogens with zero attached hydrogens (tertiary/aromatic N) is 4. The third kappa shape index (κ3) is 4.20. The Kier molecular flexibility index (Phi) is 6.39. The van der Waals surface area contributed by atoms with Crippen LogP contribution in [-0.4, -0.2) is 59.7 Å². The fourth-order valence-corrected chi connectivity index (χ4v) is 3.39. The number of ether oxygens (including phenoxy) is 4. The summed E-state index contributed by atoms with van der Waals surface area (Å²) in [5.74, 6) is 1.51. The molecule has 0 radical (unpaired) electrons. The van der Waals surface area contributed by atoms with Crippen molar-refractivity contribution in [1.29, 1.82) is 0 Å². The van der Waals surface area contributed by atoms with Crippen LogP contribution in [0, 0.1) is 0 Å². The summed E-state index contributed by atoms with van der Waals surface area (Å²) in [7, 11) is 6.03. The third-order valence-electron chi connectivity index (χ3n) is 4.08. The van der Waals surface area contributed by atoms with Gasteiger partial charge >= 0.3 is 5.97 Å². The Morgan fingerprint density at radius 3 is 2.55 bits per heavy atom. The number of hydrogen-bond acceptors (Lipinski definition) is 10. The van der Waals surface area contributed by atoms with Crippen LogP contribution in [0.2, 0.25) is 0 Å². The molecule has 3 aromatic rings. The third-order valence-corrected chi connectivity index (χ3v) is 4.89. The highest BCUT2D eigenvalue weighted by molar-refractivity contribution is 7.99. The number of esters is 1. The van der Waals surface area contributed by atoms with E-state index in [1.165, 1.54) is 11.6 Å². The number of anilines is 1. The molecule has 2 heterocycles. The number of thioether (sulfide) groups is 1. The average Bonchev–Trinajstić information content (AvgIpc) is 3.15. The number of aromatic nitrogens is 4. The SMILES string of the molecule is COCc1nc2nc(SCC(=O)OC)nn2c(N)c1-c1ccc(OC)c(OC)c1. The van der Waals surface area contributed by atoms with Crippen molar-refractivity contribution in [2.24, 2.45) is 0 Å². The Morgan fingerprint density at radius 1 is 1.14 bits per heavy atom. The highest BCUT2D eigenvalue weighted by Gasteiger charge is 2.20. The van der Waals surface area contributed by atoms with Crippen LogP contribution in [0.4, 0.5) is 5.82 Å². The van der Waals surface area contributed by atoms with Crippen molar-refractivity contribution >= 4 is 29.3 Å². The van der Waals surface area contributed by atoms with Crippen LogP contribution in [0.3, 0.4) is 0 Å². The molecule has 0 unspecified atom stereocenters. The van der Waals surface area contributed by atoms with Gasteiger partial charge in [0.05, 0.1) is 39.4 Å². The first-order chi connectivity index (χ1) is 14.0. The van der Waals surface area contributed by atoms with E-state index >= 15 is 0 Å². The summed E-state index contributed by atoms with van der Waals surface area (Å²) in [6.45, 7) is 0.224. The van der Waals surface area contributed by atoms with Crippen molar-refractivity contribution in [3.63, 3.8) is 0 Å². The molecular formula is C18H21N5O5S. The molecule has 0 saturated carbocycles. The monoisotopic (exact) mass is 419 g/mol. The highest BCUT2D eigenvalue weighted by atomic mass is 32.2. The van der Waals surface area contributed by atoms with Gasteiger partial charge in [-0.3, -0.25) is 4.79 Å². The van der Waals surface area contributed by atoms with Crippen molar-refractivity contribution in [2.45, 2.75) is 11.8 Å². The number of nitrogen functional groups attached to an aromatic ring is 1. The Bertz CT molecular complexity index is 1040. The first kappa shape index (κ1) is 20.7. The van der Waals surface area contributed by atoms with Crippen LogP contribution in [0.5, 0.6) is 11.5 Å². The van der Waals surface area contributed by atoms with Gasteiger partial charge in [-0.15, -0.1) is 5.10 Å². The maximum absolute atomic E-state index is 11.4. The van der Waals surface area contributed by atoms with Crippen molar-refractivity contribution in [2.75, 3.05) is 39.9 Å². The molecule has 0 fully saturated rings. The lowest BCUT2D eigenvalue weighted by Crippen LogP contribution is -2.08. The second-order valence-electron chi connectivity index (χ2n) is 5.79. The number of nitrogens with two attached hydrogens (primary N) is 1. The molecule has 0 aliphatic rings. The molecule has 3 rings (SSSR count). The minimum Gasteiger partial charge on any atom is -0.493 e. The van der Waals surface area contributed by atoms with Crippen LogP contribution < -0.4 is 15.2 Å². The van der Waals surface area contributed by atoms with E-state index in [4.69, 9.17) is 19.9 Å². The number of carbonyl (C=O) groups excluding carboxylic acids is 1. The summed E-state index contributed by atoms with van der Waals surface area (Å²) in [6, 6.07) is 5.44. The zero-order valence-corrected chi connectivity index (χ0v) is 17.3. The summed E-state index contributed by atoms with van der Waals surface area (Å²) in [5, 5.41) is 4.72. The molecule has 0 aliphatic heterocycles. The Labute approximate surface area is 171 Å². The molecule has 154 valence electrons. The first-order valence-electron chi connectivity index (χ1n) is 8.48. The molecule has 1 aromatic carbocycles. The van der Waals surface area contributed by atoms with E-state index in [-0.39, 0.29) is 18.3 Å². The summed E-state index contributed by atoms with van der Waals surface area (Å²) in [5.41, 5.74) is 8.44. The van der Waals surface area contributed by atoms with Gasteiger partial charge in [0.1, 0.15) is 5.82 Å². The molecule has 29 heavy (non-hydrogen) atoms. The Balaban J connectivity index is 2.11. The van der Waals surface area contributed by atoms with Crippen LogP contribution in [-0.2, 0) is 20.9 Å². The minimum atomic E-state index is -0.374. The summed E-state index contributed by atoms with van der Waals surface area (Å²) in [6.07, 6.45) is 0. The first-order valence-corrected chi connectivity index (χ1v) is 9.47. The van der Waals surface area contributed by atoms with Crippen LogP contribution >= 0.6 is 11.8 Å². The van der Waals surface area contributed by atoms with Gasteiger partial charge in [-0.2, -0.15) is 9.50 Å². The lowest BCUT2D eigenvalue weighted by Gasteiger charge is -2.14. The zero-order valence-electron chi connectivity index (χ0n) is 16.5. The van der Waals surface area contributed by atoms with Gasteiger partial charge in [0.15, 0.2) is 11.5 Å². The second-order valence-corrected chi connectivity index (χ2v) is 6.74. The molecule has 0 spiro atoms. The molecule has 10 nitrogen and oxygen atoms in total. The number of benzene rings is 1. The molecule has 11 heteroatoms. The fourth-order valence-electron chi connectivity index (χ4n) is 2.74. The quantitative estimate of drug-likeness (QED) is 0.427. The van der Waals surface area contributed by atoms with Crippen molar-refractivity contribution in [1.82, 2.24) is 19.6 Å². The summed E-state index contributed by atoms with van der Waals surface area (Å²) in [4.78, 5) is 20.3. The van der Waals surface area contributed by atoms with Crippen LogP contribution in [0.15, 0.2) is 23.4 Å². The largest absolute Gasteiger partial charge is 0.493 e. The van der Waals surface area contributed by atoms with Gasteiger partial charge in [-0.05, 0) is 17.7 Å². The maximum Gasteiger partial charge on any atom is 0.316 e. The van der Waals surface area contributed by atoms with Crippen LogP contribution in [0.1, 0.15) is 5.69 Å². The van der Waals surface area contributed by atoms with Crippen molar-refractivity contribution in [3.8, 4) is 22.6 Å². The number of hydrogen-bond donors (Lipinski definition) is 1. The van der Waals surface area contributed by atoms with Crippen molar-refractivity contribution < 1.29 is 23.7 Å². The Morgan fingerprint density at radius 2 is 1.90 bits per heavy atom. The average molecular weight is 419 g/mol. The molecule has 0 saturated heterocycles. The normalized spacial score (nSPS) is 10.9. The van der Waals surface area contributed by atoms with Gasteiger partial charge in [0, 0.05) is 12.7 Å². The van der Waals surface area contributed by atoms with Crippen molar-refractivity contribution in [3.05, 3.63) is 23.9 Å². The molecule has 0 bridgehead atoms.